The first-order chi connectivity index (χ1) is 10.7. The molecule has 4 nitrogen and oxygen atoms in total. The number of aryl methyl sites for hydroxylation is 1. The molecular weight excluding hydrogens is 278 g/mol. The zero-order valence-electron chi connectivity index (χ0n) is 13.0. The molecule has 0 unspecified atom stereocenters. The molecule has 0 saturated carbocycles. The van der Waals surface area contributed by atoms with Crippen molar-refractivity contribution in [3.05, 3.63) is 59.7 Å². The van der Waals surface area contributed by atoms with Crippen LogP contribution in [0.5, 0.6) is 11.5 Å². The fraction of sp³-hybridized carbons (Fsp3) is 0.278. The van der Waals surface area contributed by atoms with Crippen LogP contribution in [0.1, 0.15) is 18.1 Å². The predicted octanol–water partition coefficient (Wildman–Crippen LogP) is 3.30. The van der Waals surface area contributed by atoms with E-state index in [4.69, 9.17) is 4.74 Å². The van der Waals surface area contributed by atoms with E-state index >= 15 is 0 Å². The monoisotopic (exact) mass is 299 g/mol. The molecule has 0 aliphatic carbocycles. The van der Waals surface area contributed by atoms with Crippen molar-refractivity contribution in [3.63, 3.8) is 0 Å². The van der Waals surface area contributed by atoms with Gasteiger partial charge in [0.05, 0.1) is 13.7 Å². The van der Waals surface area contributed by atoms with Crippen molar-refractivity contribution in [1.29, 1.82) is 0 Å². The minimum atomic E-state index is -0.274. The molecule has 0 bridgehead atoms. The van der Waals surface area contributed by atoms with Gasteiger partial charge in [0.25, 0.3) is 0 Å². The van der Waals surface area contributed by atoms with Crippen LogP contribution in [0.3, 0.4) is 0 Å². The average molecular weight is 299 g/mol. The molecule has 0 aliphatic heterocycles. The van der Waals surface area contributed by atoms with Gasteiger partial charge in [-0.05, 0) is 41.8 Å². The first-order valence-electron chi connectivity index (χ1n) is 7.34. The molecule has 0 radical (unpaired) electrons. The third-order valence-corrected chi connectivity index (χ3v) is 3.27. The first kappa shape index (κ1) is 16.0. The van der Waals surface area contributed by atoms with Crippen LogP contribution in [0.4, 0.5) is 0 Å². The molecule has 0 spiro atoms. The van der Waals surface area contributed by atoms with Gasteiger partial charge in [0.15, 0.2) is 0 Å². The van der Waals surface area contributed by atoms with Crippen molar-refractivity contribution in [1.82, 2.24) is 5.32 Å². The van der Waals surface area contributed by atoms with Crippen LogP contribution in [-0.2, 0) is 22.5 Å². The average Bonchev–Trinajstić information content (AvgIpc) is 2.55. The van der Waals surface area contributed by atoms with E-state index in [2.05, 4.69) is 23.0 Å². The molecule has 1 N–H and O–H groups in total. The number of methoxy groups -OCH3 is 1. The number of carbonyl (C=O) groups excluding carboxylic acids is 1. The Bertz CT molecular complexity index is 625. The van der Waals surface area contributed by atoms with Crippen molar-refractivity contribution in [2.75, 3.05) is 13.7 Å². The van der Waals surface area contributed by atoms with E-state index in [1.807, 2.05) is 42.5 Å². The summed E-state index contributed by atoms with van der Waals surface area (Å²) >= 11 is 0. The number of nitrogens with one attached hydrogen (secondary N) is 1. The summed E-state index contributed by atoms with van der Waals surface area (Å²) in [4.78, 5) is 11.1. The lowest BCUT2D eigenvalue weighted by atomic mass is 10.1. The van der Waals surface area contributed by atoms with Gasteiger partial charge in [0, 0.05) is 6.54 Å². The molecule has 0 atom stereocenters. The number of benzene rings is 2. The van der Waals surface area contributed by atoms with Gasteiger partial charge in [-0.15, -0.1) is 0 Å². The smallest absolute Gasteiger partial charge is 0.319 e. The van der Waals surface area contributed by atoms with Crippen LogP contribution < -0.4 is 10.1 Å². The third kappa shape index (κ3) is 4.90. The van der Waals surface area contributed by atoms with Crippen LogP contribution >= 0.6 is 0 Å². The fourth-order valence-corrected chi connectivity index (χ4v) is 2.06. The highest BCUT2D eigenvalue weighted by atomic mass is 16.5. The summed E-state index contributed by atoms with van der Waals surface area (Å²) in [6.45, 7) is 2.90. The predicted molar refractivity (Wildman–Crippen MR) is 86.1 cm³/mol. The highest BCUT2D eigenvalue weighted by molar-refractivity contribution is 5.71. The number of carbonyl (C=O) groups is 1. The van der Waals surface area contributed by atoms with E-state index in [1.54, 1.807) is 0 Å². The summed E-state index contributed by atoms with van der Waals surface area (Å²) in [5, 5.41) is 3.03. The SMILES string of the molecule is CCc1cccc(Oc2cccc(CNCC(=O)OC)c2)c1. The Morgan fingerprint density at radius 2 is 1.68 bits per heavy atom. The van der Waals surface area contributed by atoms with Crippen molar-refractivity contribution < 1.29 is 14.3 Å². The molecule has 0 saturated heterocycles. The zero-order valence-corrected chi connectivity index (χ0v) is 13.0. The van der Waals surface area contributed by atoms with Crippen LogP contribution in [0.2, 0.25) is 0 Å². The van der Waals surface area contributed by atoms with Crippen molar-refractivity contribution in [2.45, 2.75) is 19.9 Å². The maximum atomic E-state index is 11.1. The first-order valence-corrected chi connectivity index (χ1v) is 7.34. The summed E-state index contributed by atoms with van der Waals surface area (Å²) in [6.07, 6.45) is 0.981. The van der Waals surface area contributed by atoms with E-state index in [9.17, 15) is 4.79 Å². The lowest BCUT2D eigenvalue weighted by Crippen LogP contribution is -2.23. The third-order valence-electron chi connectivity index (χ3n) is 3.27. The molecule has 116 valence electrons. The van der Waals surface area contributed by atoms with Gasteiger partial charge < -0.3 is 14.8 Å². The van der Waals surface area contributed by atoms with Gasteiger partial charge in [-0.25, -0.2) is 0 Å². The van der Waals surface area contributed by atoms with Gasteiger partial charge in [-0.2, -0.15) is 0 Å². The molecule has 0 aliphatic rings. The topological polar surface area (TPSA) is 47.6 Å². The Morgan fingerprint density at radius 3 is 2.32 bits per heavy atom. The molecular formula is C18H21NO3. The Labute approximate surface area is 131 Å². The Balaban J connectivity index is 1.97. The maximum Gasteiger partial charge on any atom is 0.319 e. The molecule has 4 heteroatoms. The molecule has 2 aromatic carbocycles. The summed E-state index contributed by atoms with van der Waals surface area (Å²) in [5.74, 6) is 1.34. The summed E-state index contributed by atoms with van der Waals surface area (Å²) in [7, 11) is 1.38. The second-order valence-electron chi connectivity index (χ2n) is 4.93. The second-order valence-corrected chi connectivity index (χ2v) is 4.93. The van der Waals surface area contributed by atoms with Crippen LogP contribution in [0.25, 0.3) is 0 Å². The Kier molecular flexibility index (Phi) is 5.98. The number of hydrogen-bond acceptors (Lipinski definition) is 4. The van der Waals surface area contributed by atoms with Crippen LogP contribution in [0, 0.1) is 0 Å². The van der Waals surface area contributed by atoms with E-state index in [0.29, 0.717) is 6.54 Å². The highest BCUT2D eigenvalue weighted by Gasteiger charge is 2.02. The van der Waals surface area contributed by atoms with Crippen molar-refractivity contribution in [3.8, 4) is 11.5 Å². The lowest BCUT2D eigenvalue weighted by molar-refractivity contribution is -0.139. The second kappa shape index (κ2) is 8.20. The summed E-state index contributed by atoms with van der Waals surface area (Å²) < 4.78 is 10.5. The van der Waals surface area contributed by atoms with E-state index < -0.39 is 0 Å². The number of rotatable bonds is 7. The minimum absolute atomic E-state index is 0.195. The van der Waals surface area contributed by atoms with Gasteiger partial charge in [-0.1, -0.05) is 31.2 Å². The fourth-order valence-electron chi connectivity index (χ4n) is 2.06. The molecule has 2 aromatic rings. The molecule has 0 aromatic heterocycles. The lowest BCUT2D eigenvalue weighted by Gasteiger charge is -2.09. The number of hydrogen-bond donors (Lipinski definition) is 1. The van der Waals surface area contributed by atoms with Gasteiger partial charge in [0.2, 0.25) is 0 Å². The summed E-state index contributed by atoms with van der Waals surface area (Å²) in [6, 6.07) is 15.9. The Hall–Kier alpha value is -2.33. The van der Waals surface area contributed by atoms with Gasteiger partial charge in [-0.3, -0.25) is 4.79 Å². The maximum absolute atomic E-state index is 11.1. The van der Waals surface area contributed by atoms with E-state index in [1.165, 1.54) is 12.7 Å². The minimum Gasteiger partial charge on any atom is -0.468 e. The zero-order chi connectivity index (χ0) is 15.8. The van der Waals surface area contributed by atoms with E-state index in [0.717, 1.165) is 23.5 Å². The molecule has 0 heterocycles. The van der Waals surface area contributed by atoms with Gasteiger partial charge in [0.1, 0.15) is 11.5 Å². The molecule has 22 heavy (non-hydrogen) atoms. The Morgan fingerprint density at radius 1 is 1.05 bits per heavy atom. The number of esters is 1. The van der Waals surface area contributed by atoms with Crippen LogP contribution in [0.15, 0.2) is 48.5 Å². The summed E-state index contributed by atoms with van der Waals surface area (Å²) in [5.41, 5.74) is 2.29. The number of ether oxygens (including phenoxy) is 2. The van der Waals surface area contributed by atoms with Crippen molar-refractivity contribution in [2.24, 2.45) is 0 Å². The van der Waals surface area contributed by atoms with Crippen LogP contribution in [-0.4, -0.2) is 19.6 Å². The largest absolute Gasteiger partial charge is 0.468 e. The quantitative estimate of drug-likeness (QED) is 0.797. The standard InChI is InChI=1S/C18H21NO3/c1-3-14-6-4-8-16(10-14)22-17-9-5-7-15(11-17)12-19-13-18(20)21-2/h4-11,19H,3,12-13H2,1-2H3. The molecule has 0 fully saturated rings. The van der Waals surface area contributed by atoms with Crippen molar-refractivity contribution >= 4 is 5.97 Å². The van der Waals surface area contributed by atoms with Gasteiger partial charge >= 0.3 is 5.97 Å². The highest BCUT2D eigenvalue weighted by Crippen LogP contribution is 2.23. The van der Waals surface area contributed by atoms with E-state index in [-0.39, 0.29) is 12.5 Å². The normalized spacial score (nSPS) is 10.3. The molecule has 0 amide bonds. The molecule has 2 rings (SSSR count).